The van der Waals surface area contributed by atoms with E-state index in [1.165, 1.54) is 5.56 Å². The van der Waals surface area contributed by atoms with E-state index in [1.54, 1.807) is 6.07 Å². The van der Waals surface area contributed by atoms with Gasteiger partial charge in [-0.1, -0.05) is 73.4 Å². The third-order valence-corrected chi connectivity index (χ3v) is 4.42. The third kappa shape index (κ3) is 2.99. The zero-order chi connectivity index (χ0) is 14.8. The summed E-state index contributed by atoms with van der Waals surface area (Å²) >= 11 is 12.1. The lowest BCUT2D eigenvalue weighted by atomic mass is 9.75. The van der Waals surface area contributed by atoms with E-state index >= 15 is 0 Å². The lowest BCUT2D eigenvalue weighted by Gasteiger charge is -2.35. The highest BCUT2D eigenvalue weighted by Crippen LogP contribution is 2.38. The average Bonchev–Trinajstić information content (AvgIpc) is 2.44. The van der Waals surface area contributed by atoms with Crippen molar-refractivity contribution in [3.63, 3.8) is 0 Å². The summed E-state index contributed by atoms with van der Waals surface area (Å²) in [4.78, 5) is 0. The predicted octanol–water partition coefficient (Wildman–Crippen LogP) is 4.48. The molecule has 0 aliphatic heterocycles. The van der Waals surface area contributed by atoms with Gasteiger partial charge in [-0.15, -0.1) is 0 Å². The van der Waals surface area contributed by atoms with Gasteiger partial charge in [0.05, 0.1) is 16.1 Å². The van der Waals surface area contributed by atoms with Crippen molar-refractivity contribution in [1.29, 1.82) is 0 Å². The fourth-order valence-electron chi connectivity index (χ4n) is 2.45. The van der Waals surface area contributed by atoms with Crippen LogP contribution in [0, 0.1) is 0 Å². The first-order valence-electron chi connectivity index (χ1n) is 6.43. The highest BCUT2D eigenvalue weighted by Gasteiger charge is 2.32. The fourth-order valence-corrected chi connectivity index (χ4v) is 2.75. The van der Waals surface area contributed by atoms with Crippen LogP contribution in [0.15, 0.2) is 48.5 Å². The topological polar surface area (TPSA) is 38.0 Å². The minimum absolute atomic E-state index is 0.0698. The molecular formula is C16H18Cl2N2. The normalized spacial score (nSPS) is 13.2. The summed E-state index contributed by atoms with van der Waals surface area (Å²) < 4.78 is 0. The number of hydrogen-bond acceptors (Lipinski definition) is 2. The predicted molar refractivity (Wildman–Crippen MR) is 86.0 cm³/mol. The van der Waals surface area contributed by atoms with Crippen LogP contribution in [0.1, 0.15) is 31.0 Å². The Bertz CT molecular complexity index is 582. The summed E-state index contributed by atoms with van der Waals surface area (Å²) in [6, 6.07) is 15.8. The van der Waals surface area contributed by atoms with Crippen LogP contribution in [0.2, 0.25) is 10.0 Å². The minimum atomic E-state index is -0.187. The Morgan fingerprint density at radius 3 is 2.20 bits per heavy atom. The van der Waals surface area contributed by atoms with Gasteiger partial charge in [0.1, 0.15) is 0 Å². The first kappa shape index (κ1) is 15.3. The van der Waals surface area contributed by atoms with Crippen molar-refractivity contribution in [1.82, 2.24) is 5.43 Å². The molecule has 0 aromatic heterocycles. The number of hydrogen-bond donors (Lipinski definition) is 2. The van der Waals surface area contributed by atoms with Gasteiger partial charge in [-0.3, -0.25) is 11.3 Å². The second-order valence-corrected chi connectivity index (χ2v) is 6.18. The molecule has 0 amide bonds. The Labute approximate surface area is 129 Å². The van der Waals surface area contributed by atoms with Crippen molar-refractivity contribution in [2.45, 2.75) is 25.3 Å². The molecule has 0 fully saturated rings. The quantitative estimate of drug-likeness (QED) is 0.646. The number of nitrogens with one attached hydrogen (secondary N) is 1. The Morgan fingerprint density at radius 1 is 1.00 bits per heavy atom. The van der Waals surface area contributed by atoms with Crippen LogP contribution in [-0.2, 0) is 5.41 Å². The minimum Gasteiger partial charge on any atom is -0.271 e. The summed E-state index contributed by atoms with van der Waals surface area (Å²) in [6.07, 6.45) is 0. The zero-order valence-corrected chi connectivity index (χ0v) is 13.0. The Kier molecular flexibility index (Phi) is 4.71. The maximum absolute atomic E-state index is 6.11. The Hall–Kier alpha value is -1.06. The van der Waals surface area contributed by atoms with Gasteiger partial charge >= 0.3 is 0 Å². The highest BCUT2D eigenvalue weighted by atomic mass is 35.5. The molecule has 0 saturated carbocycles. The maximum Gasteiger partial charge on any atom is 0.0595 e. The number of benzene rings is 2. The third-order valence-electron chi connectivity index (χ3n) is 3.68. The monoisotopic (exact) mass is 308 g/mol. The number of hydrazine groups is 1. The van der Waals surface area contributed by atoms with Gasteiger partial charge in [0.15, 0.2) is 0 Å². The molecule has 2 rings (SSSR count). The second-order valence-electron chi connectivity index (χ2n) is 5.36. The first-order valence-corrected chi connectivity index (χ1v) is 7.19. The molecule has 0 aliphatic carbocycles. The molecule has 4 heteroatoms. The van der Waals surface area contributed by atoms with E-state index in [9.17, 15) is 0 Å². The van der Waals surface area contributed by atoms with E-state index < -0.39 is 0 Å². The van der Waals surface area contributed by atoms with E-state index in [0.29, 0.717) is 10.0 Å². The van der Waals surface area contributed by atoms with E-state index in [4.69, 9.17) is 29.0 Å². The average molecular weight is 309 g/mol. The summed E-state index contributed by atoms with van der Waals surface area (Å²) in [5, 5.41) is 1.08. The standard InChI is InChI=1S/C16H18Cl2N2/c1-16(2,12-6-4-3-5-7-12)15(20-19)11-8-9-13(17)14(18)10-11/h3-10,15,20H,19H2,1-2H3. The number of nitrogens with two attached hydrogens (primary N) is 1. The van der Waals surface area contributed by atoms with Crippen LogP contribution >= 0.6 is 23.2 Å². The molecule has 0 radical (unpaired) electrons. The zero-order valence-electron chi connectivity index (χ0n) is 11.5. The van der Waals surface area contributed by atoms with Crippen LogP contribution in [0.5, 0.6) is 0 Å². The van der Waals surface area contributed by atoms with Crippen molar-refractivity contribution in [2.24, 2.45) is 5.84 Å². The van der Waals surface area contributed by atoms with Crippen molar-refractivity contribution in [3.8, 4) is 0 Å². The molecule has 1 atom stereocenters. The van der Waals surface area contributed by atoms with Crippen LogP contribution in [0.25, 0.3) is 0 Å². The molecule has 2 nitrogen and oxygen atoms in total. The van der Waals surface area contributed by atoms with Crippen LogP contribution < -0.4 is 11.3 Å². The van der Waals surface area contributed by atoms with Crippen LogP contribution in [0.4, 0.5) is 0 Å². The molecule has 20 heavy (non-hydrogen) atoms. The smallest absolute Gasteiger partial charge is 0.0595 e. The van der Waals surface area contributed by atoms with Gasteiger partial charge in [0.2, 0.25) is 0 Å². The SMILES string of the molecule is CC(C)(c1ccccc1)C(NN)c1ccc(Cl)c(Cl)c1. The molecular weight excluding hydrogens is 291 g/mol. The number of halogens is 2. The number of rotatable bonds is 4. The molecule has 0 spiro atoms. The maximum atomic E-state index is 6.11. The highest BCUT2D eigenvalue weighted by molar-refractivity contribution is 6.42. The van der Waals surface area contributed by atoms with Gasteiger partial charge in [0.25, 0.3) is 0 Å². The molecule has 0 bridgehead atoms. The van der Waals surface area contributed by atoms with Gasteiger partial charge in [0, 0.05) is 5.41 Å². The Balaban J connectivity index is 2.43. The van der Waals surface area contributed by atoms with Gasteiger partial charge in [-0.2, -0.15) is 0 Å². The van der Waals surface area contributed by atoms with E-state index in [1.807, 2.05) is 30.3 Å². The summed E-state index contributed by atoms with van der Waals surface area (Å²) in [5.41, 5.74) is 4.93. The molecule has 0 saturated heterocycles. The molecule has 1 unspecified atom stereocenters. The van der Waals surface area contributed by atoms with Crippen molar-refractivity contribution in [3.05, 3.63) is 69.7 Å². The van der Waals surface area contributed by atoms with Crippen molar-refractivity contribution >= 4 is 23.2 Å². The lowest BCUT2D eigenvalue weighted by molar-refractivity contribution is 0.353. The van der Waals surface area contributed by atoms with Crippen LogP contribution in [-0.4, -0.2) is 0 Å². The second kappa shape index (κ2) is 6.15. The summed E-state index contributed by atoms with van der Waals surface area (Å²) in [6.45, 7) is 4.30. The van der Waals surface area contributed by atoms with E-state index in [2.05, 4.69) is 31.4 Å². The molecule has 3 N–H and O–H groups in total. The molecule has 106 valence electrons. The van der Waals surface area contributed by atoms with Crippen LogP contribution in [0.3, 0.4) is 0 Å². The molecule has 2 aromatic carbocycles. The van der Waals surface area contributed by atoms with Gasteiger partial charge < -0.3 is 0 Å². The molecule has 2 aromatic rings. The Morgan fingerprint density at radius 2 is 1.65 bits per heavy atom. The van der Waals surface area contributed by atoms with Gasteiger partial charge in [-0.25, -0.2) is 0 Å². The summed E-state index contributed by atoms with van der Waals surface area (Å²) in [5.74, 6) is 5.79. The van der Waals surface area contributed by atoms with Gasteiger partial charge in [-0.05, 0) is 23.3 Å². The summed E-state index contributed by atoms with van der Waals surface area (Å²) in [7, 11) is 0. The van der Waals surface area contributed by atoms with Crippen molar-refractivity contribution < 1.29 is 0 Å². The fraction of sp³-hybridized carbons (Fsp3) is 0.250. The van der Waals surface area contributed by atoms with E-state index in [-0.39, 0.29) is 11.5 Å². The lowest BCUT2D eigenvalue weighted by Crippen LogP contribution is -2.41. The largest absolute Gasteiger partial charge is 0.271 e. The first-order chi connectivity index (χ1) is 9.46. The van der Waals surface area contributed by atoms with Crippen molar-refractivity contribution in [2.75, 3.05) is 0 Å². The van der Waals surface area contributed by atoms with E-state index in [0.717, 1.165) is 5.56 Å². The molecule has 0 aliphatic rings. The molecule has 0 heterocycles.